The molecular formula is C15H23ClFNOS. The summed E-state index contributed by atoms with van der Waals surface area (Å²) < 4.78 is 27.8. The molecule has 0 bridgehead atoms. The Morgan fingerprint density at radius 1 is 1.30 bits per heavy atom. The lowest BCUT2D eigenvalue weighted by Crippen LogP contribution is -2.35. The van der Waals surface area contributed by atoms with Crippen LogP contribution in [-0.2, 0) is 11.0 Å². The van der Waals surface area contributed by atoms with Crippen LogP contribution in [0.5, 0.6) is 0 Å². The highest BCUT2D eigenvalue weighted by molar-refractivity contribution is 7.84. The van der Waals surface area contributed by atoms with Crippen molar-refractivity contribution in [2.24, 2.45) is 0 Å². The van der Waals surface area contributed by atoms with Gasteiger partial charge < -0.3 is 0 Å². The predicted molar refractivity (Wildman–Crippen MR) is 85.0 cm³/mol. The Kier molecular flexibility index (Phi) is 7.13. The maximum absolute atomic E-state index is 13.0. The molecule has 0 unspecified atom stereocenters. The van der Waals surface area contributed by atoms with E-state index in [0.29, 0.717) is 12.4 Å². The Morgan fingerprint density at radius 3 is 2.40 bits per heavy atom. The van der Waals surface area contributed by atoms with E-state index in [1.807, 2.05) is 20.8 Å². The summed E-state index contributed by atoms with van der Waals surface area (Å²) in [6.45, 7) is 6.40. The molecule has 0 spiro atoms. The molecule has 114 valence electrons. The number of nitrogens with one attached hydrogen (secondary N) is 1. The van der Waals surface area contributed by atoms with E-state index in [1.54, 1.807) is 12.1 Å². The first kappa shape index (κ1) is 17.6. The molecule has 0 aliphatic carbocycles. The quantitative estimate of drug-likeness (QED) is 0.757. The van der Waals surface area contributed by atoms with Gasteiger partial charge in [-0.3, -0.25) is 0 Å². The molecule has 0 saturated heterocycles. The van der Waals surface area contributed by atoms with Crippen LogP contribution in [0.3, 0.4) is 0 Å². The summed E-state index contributed by atoms with van der Waals surface area (Å²) in [5.74, 6) is 0.553. The van der Waals surface area contributed by atoms with E-state index in [0.717, 1.165) is 18.4 Å². The topological polar surface area (TPSA) is 29.1 Å². The molecule has 1 rings (SSSR count). The van der Waals surface area contributed by atoms with Crippen LogP contribution in [-0.4, -0.2) is 21.4 Å². The third kappa shape index (κ3) is 5.90. The molecule has 1 aromatic rings. The van der Waals surface area contributed by atoms with Crippen LogP contribution >= 0.6 is 11.6 Å². The molecule has 5 heteroatoms. The second-order valence-corrected chi connectivity index (χ2v) is 8.24. The summed E-state index contributed by atoms with van der Waals surface area (Å²) in [4.78, 5) is 0. The standard InChI is InChI=1S/C15H23ClFNOS/c1-15(2,3)20(19)18-11-13(5-4-10-16)12-6-8-14(17)9-7-12/h6-9,13,18H,4-5,10-11H2,1-3H3/t13-,20-/m1/s1. The van der Waals surface area contributed by atoms with Crippen molar-refractivity contribution in [1.82, 2.24) is 4.72 Å². The highest BCUT2D eigenvalue weighted by Gasteiger charge is 2.21. The average molecular weight is 320 g/mol. The highest BCUT2D eigenvalue weighted by Crippen LogP contribution is 2.22. The molecule has 2 nitrogen and oxygen atoms in total. The maximum atomic E-state index is 13.0. The third-order valence-electron chi connectivity index (χ3n) is 3.04. The van der Waals surface area contributed by atoms with Crippen molar-refractivity contribution in [1.29, 1.82) is 0 Å². The van der Waals surface area contributed by atoms with Crippen LogP contribution in [0.1, 0.15) is 45.1 Å². The summed E-state index contributed by atoms with van der Waals surface area (Å²) in [6.07, 6.45) is 1.77. The van der Waals surface area contributed by atoms with Gasteiger partial charge in [-0.05, 0) is 57.2 Å². The molecular weight excluding hydrogens is 297 g/mol. The SMILES string of the molecule is CC(C)(C)[S@@](=O)NC[C@@H](CCCCl)c1ccc(F)cc1. The average Bonchev–Trinajstić information content (AvgIpc) is 2.39. The molecule has 0 aliphatic heterocycles. The van der Waals surface area contributed by atoms with Gasteiger partial charge in [0.1, 0.15) is 5.82 Å². The lowest BCUT2D eigenvalue weighted by Gasteiger charge is -2.22. The van der Waals surface area contributed by atoms with Gasteiger partial charge in [-0.1, -0.05) is 12.1 Å². The molecule has 0 fully saturated rings. The summed E-state index contributed by atoms with van der Waals surface area (Å²) in [6, 6.07) is 6.50. The molecule has 20 heavy (non-hydrogen) atoms. The number of hydrogen-bond donors (Lipinski definition) is 1. The van der Waals surface area contributed by atoms with Crippen molar-refractivity contribution in [3.8, 4) is 0 Å². The van der Waals surface area contributed by atoms with Crippen molar-refractivity contribution in [3.63, 3.8) is 0 Å². The number of benzene rings is 1. The van der Waals surface area contributed by atoms with Crippen molar-refractivity contribution in [3.05, 3.63) is 35.6 Å². The van der Waals surface area contributed by atoms with E-state index in [9.17, 15) is 8.60 Å². The fraction of sp³-hybridized carbons (Fsp3) is 0.600. The van der Waals surface area contributed by atoms with Gasteiger partial charge in [-0.25, -0.2) is 13.3 Å². The summed E-state index contributed by atoms with van der Waals surface area (Å²) in [5.41, 5.74) is 1.05. The minimum atomic E-state index is -1.10. The van der Waals surface area contributed by atoms with Gasteiger partial charge in [0.15, 0.2) is 0 Å². The number of halogens is 2. The molecule has 0 heterocycles. The first-order chi connectivity index (χ1) is 9.34. The number of alkyl halides is 1. The lowest BCUT2D eigenvalue weighted by molar-refractivity contribution is 0.581. The highest BCUT2D eigenvalue weighted by atomic mass is 35.5. The fourth-order valence-corrected chi connectivity index (χ4v) is 2.78. The smallest absolute Gasteiger partial charge is 0.123 e. The molecule has 0 aromatic heterocycles. The van der Waals surface area contributed by atoms with Gasteiger partial charge in [0.2, 0.25) is 0 Å². The third-order valence-corrected chi connectivity index (χ3v) is 4.85. The van der Waals surface area contributed by atoms with Gasteiger partial charge in [-0.15, -0.1) is 11.6 Å². The Balaban J connectivity index is 2.70. The van der Waals surface area contributed by atoms with E-state index in [2.05, 4.69) is 4.72 Å². The first-order valence-electron chi connectivity index (χ1n) is 6.81. The van der Waals surface area contributed by atoms with Gasteiger partial charge in [0.25, 0.3) is 0 Å². The Hall–Kier alpha value is -0.450. The van der Waals surface area contributed by atoms with Crippen molar-refractivity contribution < 1.29 is 8.60 Å². The van der Waals surface area contributed by atoms with Gasteiger partial charge >= 0.3 is 0 Å². The van der Waals surface area contributed by atoms with Crippen LogP contribution in [0.4, 0.5) is 4.39 Å². The minimum Gasteiger partial charge on any atom is -0.242 e. The van der Waals surface area contributed by atoms with E-state index >= 15 is 0 Å². The van der Waals surface area contributed by atoms with Crippen LogP contribution in [0.25, 0.3) is 0 Å². The second kappa shape index (κ2) is 8.11. The molecule has 0 aliphatic rings. The Labute approximate surface area is 128 Å². The largest absolute Gasteiger partial charge is 0.242 e. The Morgan fingerprint density at radius 2 is 1.90 bits per heavy atom. The Bertz CT molecular complexity index is 430. The van der Waals surface area contributed by atoms with Crippen LogP contribution in [0.2, 0.25) is 0 Å². The summed E-state index contributed by atoms with van der Waals surface area (Å²) in [7, 11) is -1.10. The lowest BCUT2D eigenvalue weighted by atomic mass is 9.95. The van der Waals surface area contributed by atoms with Crippen molar-refractivity contribution >= 4 is 22.6 Å². The summed E-state index contributed by atoms with van der Waals surface area (Å²) in [5, 5.41) is 0. The zero-order valence-corrected chi connectivity index (χ0v) is 13.9. The fourth-order valence-electron chi connectivity index (χ4n) is 1.84. The van der Waals surface area contributed by atoms with E-state index in [-0.39, 0.29) is 16.5 Å². The van der Waals surface area contributed by atoms with Gasteiger partial charge in [0.05, 0.1) is 15.7 Å². The monoisotopic (exact) mass is 319 g/mol. The minimum absolute atomic E-state index is 0.195. The zero-order valence-electron chi connectivity index (χ0n) is 12.3. The van der Waals surface area contributed by atoms with Gasteiger partial charge in [0, 0.05) is 12.4 Å². The molecule has 0 amide bonds. The van der Waals surface area contributed by atoms with E-state index in [1.165, 1.54) is 12.1 Å². The van der Waals surface area contributed by atoms with Crippen LogP contribution in [0.15, 0.2) is 24.3 Å². The predicted octanol–water partition coefficient (Wildman–Crippen LogP) is 3.98. The molecule has 1 N–H and O–H groups in total. The maximum Gasteiger partial charge on any atom is 0.123 e. The number of rotatable bonds is 7. The van der Waals surface area contributed by atoms with Gasteiger partial charge in [-0.2, -0.15) is 0 Å². The van der Waals surface area contributed by atoms with Crippen LogP contribution < -0.4 is 4.72 Å². The number of hydrogen-bond acceptors (Lipinski definition) is 1. The molecule has 1 aromatic carbocycles. The molecule has 2 atom stereocenters. The normalized spacial score (nSPS) is 15.1. The van der Waals surface area contributed by atoms with E-state index in [4.69, 9.17) is 11.6 Å². The second-order valence-electron chi connectivity index (χ2n) is 5.81. The molecule has 0 saturated carbocycles. The molecule has 0 radical (unpaired) electrons. The van der Waals surface area contributed by atoms with Crippen LogP contribution in [0, 0.1) is 5.82 Å². The van der Waals surface area contributed by atoms with Crippen molar-refractivity contribution in [2.75, 3.05) is 12.4 Å². The first-order valence-corrected chi connectivity index (χ1v) is 8.50. The zero-order chi connectivity index (χ0) is 15.2. The van der Waals surface area contributed by atoms with E-state index < -0.39 is 11.0 Å². The summed E-state index contributed by atoms with van der Waals surface area (Å²) >= 11 is 5.75. The van der Waals surface area contributed by atoms with Crippen molar-refractivity contribution in [2.45, 2.75) is 44.3 Å².